The lowest BCUT2D eigenvalue weighted by Crippen LogP contribution is -2.35. The second kappa shape index (κ2) is 7.02. The fraction of sp³-hybridized carbons (Fsp3) is 0.800. The number of carbonyl (C=O) groups excluding carboxylic acids is 1. The molecule has 2 heterocycles. The maximum atomic E-state index is 11.5. The molecule has 0 atom stereocenters. The number of hydrogen-bond donors (Lipinski definition) is 2. The van der Waals surface area contributed by atoms with Crippen molar-refractivity contribution in [3.63, 3.8) is 0 Å². The first-order valence-electron chi connectivity index (χ1n) is 6.14. The van der Waals surface area contributed by atoms with Crippen LogP contribution in [0.3, 0.4) is 0 Å². The Balaban J connectivity index is 1.53. The average Bonchev–Trinajstić information content (AvgIpc) is 2.89. The van der Waals surface area contributed by atoms with E-state index in [0.717, 1.165) is 25.9 Å². The summed E-state index contributed by atoms with van der Waals surface area (Å²) < 4.78 is 7.04. The summed E-state index contributed by atoms with van der Waals surface area (Å²) >= 11 is 0. The minimum absolute atomic E-state index is 0.115. The summed E-state index contributed by atoms with van der Waals surface area (Å²) in [6.07, 6.45) is 3.81. The molecule has 1 aromatic heterocycles. The predicted octanol–water partition coefficient (Wildman–Crippen LogP) is -1.44. The first-order chi connectivity index (χ1) is 8.84. The van der Waals surface area contributed by atoms with E-state index in [9.17, 15) is 4.79 Å². The number of piperidine rings is 1. The number of aromatic nitrogens is 4. The number of carbonyl (C=O) groups is 1. The molecule has 1 fully saturated rings. The molecule has 100 valence electrons. The summed E-state index contributed by atoms with van der Waals surface area (Å²) in [5.74, 6) is -0.115. The van der Waals surface area contributed by atoms with Crippen molar-refractivity contribution in [1.29, 1.82) is 0 Å². The van der Waals surface area contributed by atoms with Crippen LogP contribution in [0.25, 0.3) is 0 Å². The van der Waals surface area contributed by atoms with Crippen LogP contribution in [0.1, 0.15) is 12.8 Å². The maximum absolute atomic E-state index is 11.5. The number of nitrogens with zero attached hydrogens (tertiary/aromatic N) is 4. The molecule has 1 aromatic rings. The van der Waals surface area contributed by atoms with Crippen LogP contribution in [0.4, 0.5) is 0 Å². The van der Waals surface area contributed by atoms with Gasteiger partial charge in [0, 0.05) is 6.54 Å². The van der Waals surface area contributed by atoms with Gasteiger partial charge in [0.05, 0.1) is 12.7 Å². The van der Waals surface area contributed by atoms with Crippen molar-refractivity contribution in [2.24, 2.45) is 0 Å². The predicted molar refractivity (Wildman–Crippen MR) is 62.7 cm³/mol. The number of hydrogen-bond acceptors (Lipinski definition) is 6. The third kappa shape index (κ3) is 4.38. The van der Waals surface area contributed by atoms with Crippen LogP contribution in [0, 0.1) is 0 Å². The topological polar surface area (TPSA) is 94.0 Å². The van der Waals surface area contributed by atoms with Gasteiger partial charge in [-0.3, -0.25) is 4.79 Å². The first kappa shape index (κ1) is 12.9. The van der Waals surface area contributed by atoms with Crippen molar-refractivity contribution < 1.29 is 9.53 Å². The molecule has 0 aliphatic carbocycles. The van der Waals surface area contributed by atoms with E-state index in [2.05, 4.69) is 26.2 Å². The molecule has 0 saturated carbocycles. The van der Waals surface area contributed by atoms with Crippen LogP contribution < -0.4 is 10.6 Å². The Morgan fingerprint density at radius 3 is 3.06 bits per heavy atom. The Hall–Kier alpha value is -1.54. The second-order valence-corrected chi connectivity index (χ2v) is 4.18. The van der Waals surface area contributed by atoms with Gasteiger partial charge in [-0.15, -0.1) is 5.10 Å². The summed E-state index contributed by atoms with van der Waals surface area (Å²) in [6.45, 7) is 3.23. The SMILES string of the molecule is O=C(Cn1cnnn1)NCCOC1CCNCC1. The molecule has 1 amide bonds. The quantitative estimate of drug-likeness (QED) is 0.604. The van der Waals surface area contributed by atoms with E-state index < -0.39 is 0 Å². The Kier molecular flexibility index (Phi) is 5.03. The second-order valence-electron chi connectivity index (χ2n) is 4.18. The van der Waals surface area contributed by atoms with Crippen molar-refractivity contribution >= 4 is 5.91 Å². The zero-order chi connectivity index (χ0) is 12.6. The van der Waals surface area contributed by atoms with Crippen molar-refractivity contribution in [3.8, 4) is 0 Å². The molecule has 1 saturated heterocycles. The first-order valence-corrected chi connectivity index (χ1v) is 6.14. The Bertz CT molecular complexity index is 349. The van der Waals surface area contributed by atoms with Gasteiger partial charge in [0.25, 0.3) is 0 Å². The van der Waals surface area contributed by atoms with Gasteiger partial charge in [0.2, 0.25) is 5.91 Å². The van der Waals surface area contributed by atoms with Crippen LogP contribution >= 0.6 is 0 Å². The Morgan fingerprint density at radius 2 is 2.33 bits per heavy atom. The van der Waals surface area contributed by atoms with Gasteiger partial charge >= 0.3 is 0 Å². The fourth-order valence-corrected chi connectivity index (χ4v) is 1.83. The van der Waals surface area contributed by atoms with E-state index in [0.29, 0.717) is 19.3 Å². The molecule has 2 rings (SSSR count). The summed E-state index contributed by atoms with van der Waals surface area (Å²) in [5.41, 5.74) is 0. The normalized spacial score (nSPS) is 16.7. The number of nitrogens with one attached hydrogen (secondary N) is 2. The van der Waals surface area contributed by atoms with Crippen LogP contribution in [-0.4, -0.2) is 58.5 Å². The molecule has 1 aliphatic rings. The molecule has 0 unspecified atom stereocenters. The van der Waals surface area contributed by atoms with E-state index in [-0.39, 0.29) is 12.5 Å². The van der Waals surface area contributed by atoms with Gasteiger partial charge in [0.1, 0.15) is 12.9 Å². The minimum atomic E-state index is -0.115. The third-order valence-electron chi connectivity index (χ3n) is 2.76. The van der Waals surface area contributed by atoms with Crippen LogP contribution in [0.2, 0.25) is 0 Å². The van der Waals surface area contributed by atoms with Gasteiger partial charge in [-0.1, -0.05) is 0 Å². The highest BCUT2D eigenvalue weighted by atomic mass is 16.5. The average molecular weight is 254 g/mol. The highest BCUT2D eigenvalue weighted by Crippen LogP contribution is 2.06. The maximum Gasteiger partial charge on any atom is 0.241 e. The molecule has 1 aliphatic heterocycles. The number of rotatable bonds is 6. The highest BCUT2D eigenvalue weighted by Gasteiger charge is 2.12. The van der Waals surface area contributed by atoms with E-state index >= 15 is 0 Å². The fourth-order valence-electron chi connectivity index (χ4n) is 1.83. The Morgan fingerprint density at radius 1 is 1.50 bits per heavy atom. The lowest BCUT2D eigenvalue weighted by Gasteiger charge is -2.22. The van der Waals surface area contributed by atoms with Crippen LogP contribution in [0.15, 0.2) is 6.33 Å². The molecule has 0 radical (unpaired) electrons. The highest BCUT2D eigenvalue weighted by molar-refractivity contribution is 5.75. The van der Waals surface area contributed by atoms with Crippen molar-refractivity contribution in [3.05, 3.63) is 6.33 Å². The van der Waals surface area contributed by atoms with E-state index in [4.69, 9.17) is 4.74 Å². The third-order valence-corrected chi connectivity index (χ3v) is 2.76. The van der Waals surface area contributed by atoms with Gasteiger partial charge in [-0.2, -0.15) is 0 Å². The summed E-state index contributed by atoms with van der Waals surface area (Å²) in [4.78, 5) is 11.5. The van der Waals surface area contributed by atoms with Crippen LogP contribution in [-0.2, 0) is 16.1 Å². The van der Waals surface area contributed by atoms with Gasteiger partial charge in [0.15, 0.2) is 0 Å². The van der Waals surface area contributed by atoms with E-state index in [1.807, 2.05) is 0 Å². The van der Waals surface area contributed by atoms with Gasteiger partial charge in [-0.05, 0) is 36.4 Å². The minimum Gasteiger partial charge on any atom is -0.376 e. The molecular weight excluding hydrogens is 236 g/mol. The molecular formula is C10H18N6O2. The summed E-state index contributed by atoms with van der Waals surface area (Å²) in [7, 11) is 0. The smallest absolute Gasteiger partial charge is 0.241 e. The van der Waals surface area contributed by atoms with Crippen molar-refractivity contribution in [1.82, 2.24) is 30.8 Å². The summed E-state index contributed by atoms with van der Waals surface area (Å²) in [6, 6.07) is 0. The largest absolute Gasteiger partial charge is 0.376 e. The van der Waals surface area contributed by atoms with Gasteiger partial charge < -0.3 is 15.4 Å². The van der Waals surface area contributed by atoms with Crippen molar-refractivity contribution in [2.45, 2.75) is 25.5 Å². The molecule has 0 bridgehead atoms. The molecule has 0 spiro atoms. The molecule has 18 heavy (non-hydrogen) atoms. The van der Waals surface area contributed by atoms with Gasteiger partial charge in [-0.25, -0.2) is 4.68 Å². The lowest BCUT2D eigenvalue weighted by atomic mass is 10.1. The molecule has 8 nitrogen and oxygen atoms in total. The summed E-state index contributed by atoms with van der Waals surface area (Å²) in [5, 5.41) is 16.6. The molecule has 0 aromatic carbocycles. The molecule has 2 N–H and O–H groups in total. The lowest BCUT2D eigenvalue weighted by molar-refractivity contribution is -0.122. The zero-order valence-electron chi connectivity index (χ0n) is 10.2. The van der Waals surface area contributed by atoms with E-state index in [1.54, 1.807) is 0 Å². The monoisotopic (exact) mass is 254 g/mol. The standard InChI is InChI=1S/C10H18N6O2/c17-10(7-16-8-13-14-15-16)12-5-6-18-9-1-3-11-4-2-9/h8-9,11H,1-7H2,(H,12,17). The molecule has 8 heteroatoms. The van der Waals surface area contributed by atoms with Crippen molar-refractivity contribution in [2.75, 3.05) is 26.2 Å². The number of ether oxygens (including phenoxy) is 1. The number of tetrazole rings is 1. The zero-order valence-corrected chi connectivity index (χ0v) is 10.2. The van der Waals surface area contributed by atoms with Crippen LogP contribution in [0.5, 0.6) is 0 Å². The Labute approximate surface area is 105 Å². The number of amides is 1. The van der Waals surface area contributed by atoms with E-state index in [1.165, 1.54) is 11.0 Å².